The molecule has 2 aromatic heterocycles. The van der Waals surface area contributed by atoms with Gasteiger partial charge in [-0.2, -0.15) is 0 Å². The number of rotatable bonds is 10. The highest BCUT2D eigenvalue weighted by atomic mass is 28.4. The first-order valence-electron chi connectivity index (χ1n) is 12.7. The molecule has 0 saturated heterocycles. The van der Waals surface area contributed by atoms with Crippen LogP contribution in [0.5, 0.6) is 0 Å². The molecule has 0 bridgehead atoms. The standard InChI is InChI=1S/C26H43N3O3Si/c1-8-31-26(30)23-15-28-25-22(12-13-27-25)24(23)29-21-11-9-10-20(14-21)16-32-33(17(2)3,18(4)5)19(6)7/h12-13,15,17-21H,8-11,14,16H2,1-7H3,(H2,27,28,29)/t20-,21+/m0/s1. The Morgan fingerprint density at radius 1 is 1.18 bits per heavy atom. The number of carbonyl (C=O) groups is 1. The summed E-state index contributed by atoms with van der Waals surface area (Å²) in [6.45, 7) is 17.1. The van der Waals surface area contributed by atoms with Crippen LogP contribution < -0.4 is 5.32 Å². The first-order valence-corrected chi connectivity index (χ1v) is 14.9. The fourth-order valence-corrected chi connectivity index (χ4v) is 11.6. The summed E-state index contributed by atoms with van der Waals surface area (Å²) < 4.78 is 12.2. The SMILES string of the molecule is CCOC(=O)c1cnc2[nH]ccc2c1N[C@@H]1CCC[C@H](CO[Si](C(C)C)(C(C)C)C(C)C)C1. The van der Waals surface area contributed by atoms with Gasteiger partial charge in [-0.1, -0.05) is 48.0 Å². The van der Waals surface area contributed by atoms with Gasteiger partial charge in [0.05, 0.1) is 12.3 Å². The third-order valence-corrected chi connectivity index (χ3v) is 13.6. The van der Waals surface area contributed by atoms with Gasteiger partial charge in [-0.3, -0.25) is 0 Å². The Balaban J connectivity index is 1.75. The van der Waals surface area contributed by atoms with E-state index in [-0.39, 0.29) is 5.97 Å². The molecule has 6 nitrogen and oxygen atoms in total. The largest absolute Gasteiger partial charge is 0.462 e. The van der Waals surface area contributed by atoms with Gasteiger partial charge in [-0.25, -0.2) is 9.78 Å². The second kappa shape index (κ2) is 11.0. The average molecular weight is 474 g/mol. The van der Waals surface area contributed by atoms with E-state index in [1.807, 2.05) is 19.2 Å². The highest BCUT2D eigenvalue weighted by molar-refractivity contribution is 6.77. The molecule has 0 aliphatic heterocycles. The predicted molar refractivity (Wildman–Crippen MR) is 138 cm³/mol. The minimum Gasteiger partial charge on any atom is -0.462 e. The number of H-pyrrole nitrogens is 1. The van der Waals surface area contributed by atoms with E-state index >= 15 is 0 Å². The molecular formula is C26H43N3O3Si. The maximum atomic E-state index is 12.6. The second-order valence-electron chi connectivity index (χ2n) is 10.5. The number of ether oxygens (including phenoxy) is 1. The van der Waals surface area contributed by atoms with Crippen LogP contribution in [-0.4, -0.2) is 43.5 Å². The van der Waals surface area contributed by atoms with E-state index in [9.17, 15) is 4.79 Å². The molecule has 1 fully saturated rings. The van der Waals surface area contributed by atoms with Gasteiger partial charge in [-0.05, 0) is 54.8 Å². The Bertz CT molecular complexity index is 903. The molecule has 0 spiro atoms. The van der Waals surface area contributed by atoms with Crippen molar-refractivity contribution in [2.45, 2.75) is 96.8 Å². The molecule has 2 N–H and O–H groups in total. The van der Waals surface area contributed by atoms with Crippen molar-refractivity contribution in [1.82, 2.24) is 9.97 Å². The molecular weight excluding hydrogens is 430 g/mol. The zero-order valence-corrected chi connectivity index (χ0v) is 22.5. The molecule has 0 radical (unpaired) electrons. The van der Waals surface area contributed by atoms with E-state index < -0.39 is 8.32 Å². The fourth-order valence-electron chi connectivity index (χ4n) is 6.07. The van der Waals surface area contributed by atoms with Crippen molar-refractivity contribution in [3.05, 3.63) is 24.0 Å². The first-order chi connectivity index (χ1) is 15.7. The van der Waals surface area contributed by atoms with Crippen LogP contribution in [0.2, 0.25) is 16.6 Å². The van der Waals surface area contributed by atoms with Crippen LogP contribution >= 0.6 is 0 Å². The van der Waals surface area contributed by atoms with Gasteiger partial charge in [0, 0.05) is 30.4 Å². The number of anilines is 1. The molecule has 0 aromatic carbocycles. The number of aromatic nitrogens is 2. The Morgan fingerprint density at radius 3 is 2.52 bits per heavy atom. The normalized spacial score (nSPS) is 19.6. The summed E-state index contributed by atoms with van der Waals surface area (Å²) in [6, 6.07) is 2.28. The van der Waals surface area contributed by atoms with Crippen molar-refractivity contribution < 1.29 is 14.0 Å². The molecule has 1 aliphatic rings. The zero-order chi connectivity index (χ0) is 24.2. The first kappa shape index (κ1) is 25.8. The van der Waals surface area contributed by atoms with Crippen molar-refractivity contribution in [2.24, 2.45) is 5.92 Å². The Morgan fingerprint density at radius 2 is 1.88 bits per heavy atom. The van der Waals surface area contributed by atoms with Crippen LogP contribution in [0.3, 0.4) is 0 Å². The molecule has 33 heavy (non-hydrogen) atoms. The number of aromatic amines is 1. The van der Waals surface area contributed by atoms with E-state index in [2.05, 4.69) is 56.8 Å². The van der Waals surface area contributed by atoms with Crippen LogP contribution in [0.1, 0.15) is 84.5 Å². The molecule has 1 saturated carbocycles. The lowest BCUT2D eigenvalue weighted by molar-refractivity contribution is 0.0527. The topological polar surface area (TPSA) is 76.2 Å². The number of nitrogens with zero attached hydrogens (tertiary/aromatic N) is 1. The van der Waals surface area contributed by atoms with Gasteiger partial charge in [0.25, 0.3) is 0 Å². The Hall–Kier alpha value is -1.86. The summed E-state index contributed by atoms with van der Waals surface area (Å²) in [5, 5.41) is 4.64. The predicted octanol–water partition coefficient (Wildman–Crippen LogP) is 6.90. The number of nitrogens with one attached hydrogen (secondary N) is 2. The van der Waals surface area contributed by atoms with Gasteiger partial charge in [0.1, 0.15) is 11.2 Å². The minimum absolute atomic E-state index is 0.300. The number of hydrogen-bond acceptors (Lipinski definition) is 5. The van der Waals surface area contributed by atoms with Crippen molar-refractivity contribution in [3.8, 4) is 0 Å². The van der Waals surface area contributed by atoms with Crippen molar-refractivity contribution >= 4 is 31.0 Å². The number of hydrogen-bond donors (Lipinski definition) is 2. The van der Waals surface area contributed by atoms with Gasteiger partial charge in [-0.15, -0.1) is 0 Å². The van der Waals surface area contributed by atoms with E-state index in [1.54, 1.807) is 6.20 Å². The zero-order valence-electron chi connectivity index (χ0n) is 21.5. The lowest BCUT2D eigenvalue weighted by Crippen LogP contribution is -2.49. The highest BCUT2D eigenvalue weighted by Gasteiger charge is 2.45. The van der Waals surface area contributed by atoms with Gasteiger partial charge in [0.15, 0.2) is 8.32 Å². The molecule has 184 valence electrons. The average Bonchev–Trinajstić information content (AvgIpc) is 3.23. The van der Waals surface area contributed by atoms with Crippen molar-refractivity contribution in [1.29, 1.82) is 0 Å². The lowest BCUT2D eigenvalue weighted by atomic mass is 9.86. The molecule has 2 heterocycles. The van der Waals surface area contributed by atoms with Gasteiger partial charge < -0.3 is 19.5 Å². The number of esters is 1. The number of carbonyl (C=O) groups excluding carboxylic acids is 1. The van der Waals surface area contributed by atoms with Gasteiger partial charge in [0.2, 0.25) is 0 Å². The van der Waals surface area contributed by atoms with Crippen molar-refractivity contribution in [2.75, 3.05) is 18.5 Å². The smallest absolute Gasteiger partial charge is 0.341 e. The van der Waals surface area contributed by atoms with E-state index in [0.717, 1.165) is 36.2 Å². The van der Waals surface area contributed by atoms with E-state index in [0.29, 0.717) is 40.8 Å². The van der Waals surface area contributed by atoms with Crippen LogP contribution in [0.15, 0.2) is 18.5 Å². The third-order valence-electron chi connectivity index (χ3n) is 7.49. The molecule has 3 rings (SSSR count). The summed E-state index contributed by atoms with van der Waals surface area (Å²) in [6.07, 6.45) is 8.00. The maximum Gasteiger partial charge on any atom is 0.341 e. The Labute approximate surface area is 200 Å². The monoisotopic (exact) mass is 473 g/mol. The number of fused-ring (bicyclic) bond motifs is 1. The quantitative estimate of drug-likeness (QED) is 0.290. The Kier molecular flexibility index (Phi) is 8.62. The minimum atomic E-state index is -1.86. The molecule has 0 amide bonds. The van der Waals surface area contributed by atoms with Crippen LogP contribution in [0, 0.1) is 5.92 Å². The summed E-state index contributed by atoms with van der Waals surface area (Å²) in [7, 11) is -1.86. The van der Waals surface area contributed by atoms with E-state index in [1.165, 1.54) is 12.8 Å². The summed E-state index contributed by atoms with van der Waals surface area (Å²) in [5.41, 5.74) is 3.92. The maximum absolute atomic E-state index is 12.6. The molecule has 7 heteroatoms. The van der Waals surface area contributed by atoms with Crippen LogP contribution in [0.25, 0.3) is 11.0 Å². The third kappa shape index (κ3) is 5.45. The molecule has 2 atom stereocenters. The van der Waals surface area contributed by atoms with Crippen LogP contribution in [-0.2, 0) is 9.16 Å². The summed E-state index contributed by atoms with van der Waals surface area (Å²) in [5.74, 6) is 0.210. The van der Waals surface area contributed by atoms with Crippen LogP contribution in [0.4, 0.5) is 5.69 Å². The lowest BCUT2D eigenvalue weighted by Gasteiger charge is -2.43. The van der Waals surface area contributed by atoms with Crippen molar-refractivity contribution in [3.63, 3.8) is 0 Å². The molecule has 1 aliphatic carbocycles. The molecule has 2 aromatic rings. The summed E-state index contributed by atoms with van der Waals surface area (Å²) in [4.78, 5) is 20.2. The number of pyridine rings is 1. The summed E-state index contributed by atoms with van der Waals surface area (Å²) >= 11 is 0. The van der Waals surface area contributed by atoms with E-state index in [4.69, 9.17) is 9.16 Å². The molecule has 0 unspecified atom stereocenters. The second-order valence-corrected chi connectivity index (χ2v) is 16.0. The highest BCUT2D eigenvalue weighted by Crippen LogP contribution is 2.43. The van der Waals surface area contributed by atoms with Gasteiger partial charge >= 0.3 is 5.97 Å². The fraction of sp³-hybridized carbons (Fsp3) is 0.692.